The summed E-state index contributed by atoms with van der Waals surface area (Å²) in [5.41, 5.74) is 3.18. The first-order valence-corrected chi connectivity index (χ1v) is 11.6. The van der Waals surface area contributed by atoms with E-state index in [4.69, 9.17) is 4.74 Å². The summed E-state index contributed by atoms with van der Waals surface area (Å²) >= 11 is 0. The lowest BCUT2D eigenvalue weighted by atomic mass is 9.94. The Labute approximate surface area is 204 Å². The second-order valence-electron chi connectivity index (χ2n) is 8.48. The third kappa shape index (κ3) is 5.27. The molecule has 176 valence electrons. The van der Waals surface area contributed by atoms with Crippen molar-refractivity contribution in [1.82, 2.24) is 24.8 Å². The van der Waals surface area contributed by atoms with Crippen LogP contribution in [0.15, 0.2) is 79.4 Å². The molecule has 1 aliphatic rings. The predicted octanol–water partition coefficient (Wildman–Crippen LogP) is 5.13. The summed E-state index contributed by atoms with van der Waals surface area (Å²) in [6, 6.07) is 17.0. The number of hydrogen-bond donors (Lipinski definition) is 1. The fourth-order valence-electron chi connectivity index (χ4n) is 4.26. The number of amides is 1. The smallest absolute Gasteiger partial charge is 0.253 e. The van der Waals surface area contributed by atoms with Crippen molar-refractivity contribution < 1.29 is 9.53 Å². The number of piperidine rings is 1. The molecule has 1 unspecified atom stereocenters. The maximum Gasteiger partial charge on any atom is 0.253 e. The van der Waals surface area contributed by atoms with Gasteiger partial charge in [-0.2, -0.15) is 0 Å². The van der Waals surface area contributed by atoms with Crippen molar-refractivity contribution in [2.45, 2.75) is 25.7 Å². The molecule has 0 saturated carbocycles. The largest absolute Gasteiger partial charge is 0.437 e. The van der Waals surface area contributed by atoms with E-state index in [1.165, 1.54) is 0 Å². The van der Waals surface area contributed by atoms with Crippen LogP contribution in [0.5, 0.6) is 11.6 Å². The molecule has 1 saturated heterocycles. The molecule has 0 radical (unpaired) electrons. The van der Waals surface area contributed by atoms with Gasteiger partial charge in [-0.05, 0) is 55.7 Å². The van der Waals surface area contributed by atoms with E-state index < -0.39 is 0 Å². The molecular formula is C27H26N6O2. The van der Waals surface area contributed by atoms with Crippen LogP contribution in [0.25, 0.3) is 0 Å². The zero-order chi connectivity index (χ0) is 24.0. The number of rotatable bonds is 6. The Morgan fingerprint density at radius 1 is 0.971 bits per heavy atom. The highest BCUT2D eigenvalue weighted by atomic mass is 16.5. The summed E-state index contributed by atoms with van der Waals surface area (Å²) in [7, 11) is 0. The van der Waals surface area contributed by atoms with Gasteiger partial charge in [-0.25, -0.2) is 15.0 Å². The first-order chi connectivity index (χ1) is 17.2. The minimum atomic E-state index is -0.0161. The van der Waals surface area contributed by atoms with Gasteiger partial charge in [0.1, 0.15) is 11.4 Å². The number of carbonyl (C=O) groups excluding carboxylic acids is 1. The number of carbonyl (C=O) groups is 1. The van der Waals surface area contributed by atoms with Crippen molar-refractivity contribution in [2.24, 2.45) is 0 Å². The molecule has 0 aliphatic carbocycles. The Morgan fingerprint density at radius 2 is 1.80 bits per heavy atom. The molecule has 4 aromatic rings. The number of aromatic nitrogens is 4. The van der Waals surface area contributed by atoms with Gasteiger partial charge in [0, 0.05) is 55.0 Å². The van der Waals surface area contributed by atoms with Gasteiger partial charge >= 0.3 is 0 Å². The number of hydrogen-bond acceptors (Lipinski definition) is 7. The molecule has 1 amide bonds. The Morgan fingerprint density at radius 3 is 2.66 bits per heavy atom. The van der Waals surface area contributed by atoms with Gasteiger partial charge in [0.05, 0.1) is 0 Å². The van der Waals surface area contributed by atoms with Gasteiger partial charge < -0.3 is 15.0 Å². The number of para-hydroxylation sites is 1. The number of nitrogens with zero attached hydrogens (tertiary/aromatic N) is 5. The first kappa shape index (κ1) is 22.5. The maximum absolute atomic E-state index is 13.4. The standard InChI is InChI=1S/C27H26N6O2/c1-19-7-2-3-11-23(19)35-25-24(28-14-15-29-25)21-9-5-16-33(18-21)26(34)20-8-4-10-22(17-20)32-27-30-12-6-13-31-27/h2-4,6-8,10-15,17,21H,5,9,16,18H2,1H3,(H,30,31,32). The Bertz CT molecular complexity index is 1310. The van der Waals surface area contributed by atoms with Gasteiger partial charge in [0.25, 0.3) is 5.91 Å². The van der Waals surface area contributed by atoms with E-state index in [1.54, 1.807) is 30.9 Å². The average molecular weight is 467 g/mol. The van der Waals surface area contributed by atoms with E-state index in [1.807, 2.05) is 60.4 Å². The highest BCUT2D eigenvalue weighted by molar-refractivity contribution is 5.95. The molecule has 1 fully saturated rings. The lowest BCUT2D eigenvalue weighted by molar-refractivity contribution is 0.0705. The zero-order valence-electron chi connectivity index (χ0n) is 19.5. The fourth-order valence-corrected chi connectivity index (χ4v) is 4.26. The third-order valence-corrected chi connectivity index (χ3v) is 6.02. The van der Waals surface area contributed by atoms with Crippen molar-refractivity contribution in [1.29, 1.82) is 0 Å². The summed E-state index contributed by atoms with van der Waals surface area (Å²) in [5, 5.41) is 3.14. The first-order valence-electron chi connectivity index (χ1n) is 11.6. The number of benzene rings is 2. The average Bonchev–Trinajstić information content (AvgIpc) is 2.91. The van der Waals surface area contributed by atoms with Crippen molar-refractivity contribution in [3.63, 3.8) is 0 Å². The van der Waals surface area contributed by atoms with Gasteiger partial charge in [-0.3, -0.25) is 9.78 Å². The molecule has 2 aromatic carbocycles. The second kappa shape index (κ2) is 10.3. The van der Waals surface area contributed by atoms with E-state index in [2.05, 4.69) is 25.3 Å². The highest BCUT2D eigenvalue weighted by Gasteiger charge is 2.29. The monoisotopic (exact) mass is 466 g/mol. The fraction of sp³-hybridized carbons (Fsp3) is 0.222. The molecule has 1 aliphatic heterocycles. The quantitative estimate of drug-likeness (QED) is 0.421. The van der Waals surface area contributed by atoms with Crippen LogP contribution in [-0.4, -0.2) is 43.8 Å². The van der Waals surface area contributed by atoms with Crippen LogP contribution in [0.3, 0.4) is 0 Å². The van der Waals surface area contributed by atoms with Crippen LogP contribution in [0.2, 0.25) is 0 Å². The summed E-state index contributed by atoms with van der Waals surface area (Å²) in [4.78, 5) is 32.7. The van der Waals surface area contributed by atoms with Crippen molar-refractivity contribution in [2.75, 3.05) is 18.4 Å². The highest BCUT2D eigenvalue weighted by Crippen LogP contribution is 2.34. The summed E-state index contributed by atoms with van der Waals surface area (Å²) in [5.74, 6) is 1.76. The minimum Gasteiger partial charge on any atom is -0.437 e. The Kier molecular flexibility index (Phi) is 6.61. The van der Waals surface area contributed by atoms with Crippen LogP contribution >= 0.6 is 0 Å². The number of nitrogens with one attached hydrogen (secondary N) is 1. The Hall–Kier alpha value is -4.33. The SMILES string of the molecule is Cc1ccccc1Oc1nccnc1C1CCCN(C(=O)c2cccc(Nc3ncccn3)c2)C1. The van der Waals surface area contributed by atoms with Gasteiger partial charge in [0.2, 0.25) is 11.8 Å². The van der Waals surface area contributed by atoms with E-state index in [9.17, 15) is 4.79 Å². The van der Waals surface area contributed by atoms with E-state index in [0.717, 1.165) is 35.5 Å². The normalized spacial score (nSPS) is 15.5. The summed E-state index contributed by atoms with van der Waals surface area (Å²) in [6.45, 7) is 3.25. The maximum atomic E-state index is 13.4. The van der Waals surface area contributed by atoms with E-state index in [-0.39, 0.29) is 11.8 Å². The molecule has 2 aromatic heterocycles. The molecule has 3 heterocycles. The minimum absolute atomic E-state index is 0.0161. The molecule has 8 nitrogen and oxygen atoms in total. The van der Waals surface area contributed by atoms with Crippen LogP contribution in [0.4, 0.5) is 11.6 Å². The number of ether oxygens (including phenoxy) is 1. The van der Waals surface area contributed by atoms with E-state index in [0.29, 0.717) is 30.5 Å². The predicted molar refractivity (Wildman–Crippen MR) is 133 cm³/mol. The topological polar surface area (TPSA) is 93.1 Å². The van der Waals surface area contributed by atoms with Crippen LogP contribution in [0, 0.1) is 6.92 Å². The molecule has 5 rings (SSSR count). The number of anilines is 2. The lowest BCUT2D eigenvalue weighted by Gasteiger charge is -2.33. The van der Waals surface area contributed by atoms with Gasteiger partial charge in [-0.1, -0.05) is 24.3 Å². The van der Waals surface area contributed by atoms with Crippen molar-refractivity contribution in [3.8, 4) is 11.6 Å². The van der Waals surface area contributed by atoms with Gasteiger partial charge in [-0.15, -0.1) is 0 Å². The zero-order valence-corrected chi connectivity index (χ0v) is 19.5. The number of aryl methyl sites for hydroxylation is 1. The van der Waals surface area contributed by atoms with Crippen LogP contribution in [-0.2, 0) is 0 Å². The van der Waals surface area contributed by atoms with Crippen molar-refractivity contribution in [3.05, 3.63) is 96.2 Å². The van der Waals surface area contributed by atoms with Crippen molar-refractivity contribution >= 4 is 17.5 Å². The van der Waals surface area contributed by atoms with Gasteiger partial charge in [0.15, 0.2) is 0 Å². The molecule has 1 N–H and O–H groups in total. The summed E-state index contributed by atoms with van der Waals surface area (Å²) < 4.78 is 6.15. The number of likely N-dealkylation sites (tertiary alicyclic amines) is 1. The summed E-state index contributed by atoms with van der Waals surface area (Å²) in [6.07, 6.45) is 8.45. The molecule has 0 spiro atoms. The second-order valence-corrected chi connectivity index (χ2v) is 8.48. The molecular weight excluding hydrogens is 440 g/mol. The van der Waals surface area contributed by atoms with Crippen LogP contribution < -0.4 is 10.1 Å². The lowest BCUT2D eigenvalue weighted by Crippen LogP contribution is -2.39. The van der Waals surface area contributed by atoms with Crippen LogP contribution in [0.1, 0.15) is 40.4 Å². The van der Waals surface area contributed by atoms with E-state index >= 15 is 0 Å². The molecule has 0 bridgehead atoms. The molecule has 35 heavy (non-hydrogen) atoms. The molecule has 8 heteroatoms. The Balaban J connectivity index is 1.32. The third-order valence-electron chi connectivity index (χ3n) is 6.02. The molecule has 1 atom stereocenters.